The van der Waals surface area contributed by atoms with Crippen molar-refractivity contribution >= 4 is 21.8 Å². The van der Waals surface area contributed by atoms with Gasteiger partial charge < -0.3 is 4.98 Å². The maximum Gasteiger partial charge on any atom is 0.419 e. The zero-order chi connectivity index (χ0) is 45.8. The van der Waals surface area contributed by atoms with Crippen molar-refractivity contribution in [2.45, 2.75) is 64.7 Å². The second-order valence-corrected chi connectivity index (χ2v) is 19.0. The molecule has 0 atom stereocenters. The number of halogens is 6. The van der Waals surface area contributed by atoms with E-state index >= 15 is 26.3 Å². The fourth-order valence-corrected chi connectivity index (χ4v) is 9.11. The minimum Gasteiger partial charge on any atom is -0.353 e. The van der Waals surface area contributed by atoms with E-state index in [-0.39, 0.29) is 39.1 Å². The molecule has 0 amide bonds. The van der Waals surface area contributed by atoms with E-state index in [0.29, 0.717) is 16.6 Å². The third kappa shape index (κ3) is 7.37. The molecule has 10 rings (SSSR count). The highest BCUT2D eigenvalue weighted by Gasteiger charge is 2.44. The summed E-state index contributed by atoms with van der Waals surface area (Å²) in [4.78, 5) is 13.2. The van der Waals surface area contributed by atoms with Crippen LogP contribution in [0.4, 0.5) is 26.3 Å². The number of H-pyrrole nitrogens is 1. The van der Waals surface area contributed by atoms with Crippen LogP contribution in [0.5, 0.6) is 0 Å². The van der Waals surface area contributed by atoms with E-state index < -0.39 is 40.3 Å². The van der Waals surface area contributed by atoms with E-state index in [1.807, 2.05) is 48.5 Å². The minimum absolute atomic E-state index is 0.0531. The van der Waals surface area contributed by atoms with Crippen LogP contribution in [0.25, 0.3) is 100 Å². The van der Waals surface area contributed by atoms with E-state index in [4.69, 9.17) is 9.97 Å². The molecular weight excluding hydrogens is 829 g/mol. The van der Waals surface area contributed by atoms with Crippen LogP contribution in [0.15, 0.2) is 146 Å². The van der Waals surface area contributed by atoms with Gasteiger partial charge in [0, 0.05) is 27.5 Å². The van der Waals surface area contributed by atoms with Crippen molar-refractivity contribution < 1.29 is 26.3 Å². The minimum atomic E-state index is -5.17. The van der Waals surface area contributed by atoms with Gasteiger partial charge in [-0.05, 0) is 115 Å². The second-order valence-electron chi connectivity index (χ2n) is 19.0. The molecule has 0 saturated carbocycles. The fraction of sp³-hybridized carbons (Fsp3) is 0.179. The molecule has 0 unspecified atom stereocenters. The zero-order valence-corrected chi connectivity index (χ0v) is 36.5. The van der Waals surface area contributed by atoms with Gasteiger partial charge >= 0.3 is 12.4 Å². The van der Waals surface area contributed by atoms with Crippen LogP contribution in [-0.4, -0.2) is 15.0 Å². The standard InChI is InChI=1S/C56H43F6N3/c1-53(2,3)37-25-41-35-22-34(31-16-10-7-11-17-31)23-36(24-35)45-29-39(32-18-12-8-13-19-32)47(55(57,58)59)51(63-45)52-48(56(60,61)62)40(33-20-14-9-15-21-33)30-46(64-52)44-28-38(54(4,5)6)27-43-42(26-37)49(41)65-50(43)44/h7-30,65H,1-6H3. The zero-order valence-electron chi connectivity index (χ0n) is 36.5. The highest BCUT2D eigenvalue weighted by Crippen LogP contribution is 2.51. The summed E-state index contributed by atoms with van der Waals surface area (Å²) in [7, 11) is 0. The second kappa shape index (κ2) is 14.8. The number of rotatable bonds is 3. The Hall–Kier alpha value is -7.00. The fourth-order valence-electron chi connectivity index (χ4n) is 9.11. The number of nitrogens with one attached hydrogen (secondary N) is 1. The van der Waals surface area contributed by atoms with Gasteiger partial charge in [-0.25, -0.2) is 9.97 Å². The van der Waals surface area contributed by atoms with Crippen molar-refractivity contribution in [3.05, 3.63) is 168 Å². The molecular formula is C56H43F6N3. The Morgan fingerprint density at radius 3 is 1.25 bits per heavy atom. The molecule has 1 N–H and O–H groups in total. The highest BCUT2D eigenvalue weighted by molar-refractivity contribution is 6.16. The van der Waals surface area contributed by atoms with Gasteiger partial charge in [0.05, 0.1) is 33.5 Å². The molecule has 0 radical (unpaired) electrons. The number of fused-ring (bicyclic) bond motifs is 11. The molecule has 0 fully saturated rings. The predicted octanol–water partition coefficient (Wildman–Crippen LogP) is 16.7. The van der Waals surface area contributed by atoms with Gasteiger partial charge in [-0.3, -0.25) is 0 Å². The Kier molecular flexibility index (Phi) is 9.54. The molecule has 4 heterocycles. The molecule has 0 spiro atoms. The normalized spacial score (nSPS) is 12.9. The molecule has 0 saturated heterocycles. The van der Waals surface area contributed by atoms with Crippen molar-refractivity contribution in [2.24, 2.45) is 0 Å². The van der Waals surface area contributed by atoms with Crippen molar-refractivity contribution in [2.75, 3.05) is 0 Å². The van der Waals surface area contributed by atoms with Gasteiger partial charge in [0.1, 0.15) is 11.4 Å². The Morgan fingerprint density at radius 1 is 0.369 bits per heavy atom. The van der Waals surface area contributed by atoms with E-state index in [2.05, 4.69) is 70.8 Å². The first-order valence-corrected chi connectivity index (χ1v) is 21.5. The number of benzene rings is 6. The third-order valence-corrected chi connectivity index (χ3v) is 12.5. The number of alkyl halides is 6. The summed E-state index contributed by atoms with van der Waals surface area (Å²) in [6.45, 7) is 12.6. The maximum absolute atomic E-state index is 16.1. The lowest BCUT2D eigenvalue weighted by molar-refractivity contribution is -0.139. The third-order valence-electron chi connectivity index (χ3n) is 12.5. The van der Waals surface area contributed by atoms with Crippen molar-refractivity contribution in [3.63, 3.8) is 0 Å². The number of nitrogens with zero attached hydrogens (tertiary/aromatic N) is 2. The molecule has 9 aromatic rings. The maximum atomic E-state index is 16.1. The summed E-state index contributed by atoms with van der Waals surface area (Å²) < 4.78 is 96.7. The average molecular weight is 872 g/mol. The summed E-state index contributed by atoms with van der Waals surface area (Å²) in [5.41, 5.74) is 1.92. The van der Waals surface area contributed by atoms with Crippen LogP contribution in [0.3, 0.4) is 0 Å². The van der Waals surface area contributed by atoms with Gasteiger partial charge in [0.25, 0.3) is 0 Å². The van der Waals surface area contributed by atoms with Crippen LogP contribution in [0, 0.1) is 0 Å². The molecule has 8 bridgehead atoms. The van der Waals surface area contributed by atoms with E-state index in [9.17, 15) is 0 Å². The van der Waals surface area contributed by atoms with Crippen LogP contribution < -0.4 is 0 Å². The summed E-state index contributed by atoms with van der Waals surface area (Å²) in [5.74, 6) is 0. The first-order chi connectivity index (χ1) is 30.7. The first-order valence-electron chi connectivity index (χ1n) is 21.5. The summed E-state index contributed by atoms with van der Waals surface area (Å²) in [6.07, 6.45) is -10.3. The number of hydrogen-bond acceptors (Lipinski definition) is 2. The van der Waals surface area contributed by atoms with Crippen molar-refractivity contribution in [1.29, 1.82) is 0 Å². The Bertz CT molecular complexity index is 3330. The molecule has 9 heteroatoms. The molecule has 65 heavy (non-hydrogen) atoms. The number of hydrogen-bond donors (Lipinski definition) is 1. The summed E-state index contributed by atoms with van der Waals surface area (Å²) >= 11 is 0. The van der Waals surface area contributed by atoms with Crippen molar-refractivity contribution in [1.82, 2.24) is 15.0 Å². The first kappa shape index (κ1) is 42.0. The number of aromatic nitrogens is 3. The molecule has 0 aliphatic carbocycles. The molecule has 3 nitrogen and oxygen atoms in total. The summed E-state index contributed by atoms with van der Waals surface area (Å²) in [5, 5.41) is 1.71. The monoisotopic (exact) mass is 871 g/mol. The Labute approximate surface area is 372 Å². The van der Waals surface area contributed by atoms with Crippen LogP contribution in [0.2, 0.25) is 0 Å². The predicted molar refractivity (Wildman–Crippen MR) is 250 cm³/mol. The molecule has 3 aromatic heterocycles. The molecule has 6 aromatic carbocycles. The van der Waals surface area contributed by atoms with E-state index in [0.717, 1.165) is 49.7 Å². The van der Waals surface area contributed by atoms with Gasteiger partial charge in [-0.2, -0.15) is 26.3 Å². The average Bonchev–Trinajstić information content (AvgIpc) is 3.65. The van der Waals surface area contributed by atoms with E-state index in [1.54, 1.807) is 36.4 Å². The lowest BCUT2D eigenvalue weighted by Crippen LogP contribution is -2.17. The number of aromatic amines is 1. The molecule has 1 aliphatic heterocycles. The van der Waals surface area contributed by atoms with Crippen LogP contribution in [0.1, 0.15) is 63.8 Å². The van der Waals surface area contributed by atoms with Gasteiger partial charge in [0.15, 0.2) is 0 Å². The Morgan fingerprint density at radius 2 is 0.769 bits per heavy atom. The largest absolute Gasteiger partial charge is 0.419 e. The smallest absolute Gasteiger partial charge is 0.353 e. The molecule has 1 aliphatic rings. The van der Waals surface area contributed by atoms with Crippen LogP contribution >= 0.6 is 0 Å². The highest BCUT2D eigenvalue weighted by atomic mass is 19.4. The lowest BCUT2D eigenvalue weighted by Gasteiger charge is -2.24. The van der Waals surface area contributed by atoms with E-state index in [1.165, 1.54) is 36.4 Å². The number of pyridine rings is 2. The van der Waals surface area contributed by atoms with Gasteiger partial charge in [-0.1, -0.05) is 133 Å². The topological polar surface area (TPSA) is 41.6 Å². The Balaban J connectivity index is 1.51. The van der Waals surface area contributed by atoms with Crippen molar-refractivity contribution in [3.8, 4) is 78.4 Å². The van der Waals surface area contributed by atoms with Crippen LogP contribution in [-0.2, 0) is 23.2 Å². The lowest BCUT2D eigenvalue weighted by atomic mass is 9.82. The quantitative estimate of drug-likeness (QED) is 0.180. The van der Waals surface area contributed by atoms with Gasteiger partial charge in [-0.15, -0.1) is 0 Å². The molecule has 324 valence electrons. The SMILES string of the molecule is CC(C)(C)c1cc2c3[nH]c4c(cc(C(C)(C)C)cc4c3c1)-c1cc(-c3ccccc3)c(C(F)(F)F)c(n1)-c1nc(cc(-c3ccccc3)c1C(F)(F)F)-c1cc(-c3ccccc3)cc-2c1. The van der Waals surface area contributed by atoms with Gasteiger partial charge in [0.2, 0.25) is 0 Å². The summed E-state index contributed by atoms with van der Waals surface area (Å²) in [6, 6.07) is 42.3.